The van der Waals surface area contributed by atoms with E-state index in [1.807, 2.05) is 24.3 Å². The molecule has 0 aromatic heterocycles. The lowest BCUT2D eigenvalue weighted by atomic mass is 9.79. The molecule has 6 nitrogen and oxygen atoms in total. The number of esters is 2. The van der Waals surface area contributed by atoms with Gasteiger partial charge in [-0.25, -0.2) is 9.59 Å². The number of benzene rings is 2. The van der Waals surface area contributed by atoms with Gasteiger partial charge >= 0.3 is 11.9 Å². The Hall–Kier alpha value is 1.68. The standard InChI is InChI=1S/C27H29I6NO5/c1-26(2)10-16(11-27(3,4)34(26)5)37-12-17(39-25(36)19-7-15(29)9-21(31)23(19)33)13-38-24(35)18-6-14(28)8-20(30)22(18)32/h6-9,16-17H,10-13H2,1-5H3. The lowest BCUT2D eigenvalue weighted by Gasteiger charge is -2.53. The number of piperidine rings is 1. The fourth-order valence-corrected chi connectivity index (χ4v) is 9.38. The summed E-state index contributed by atoms with van der Waals surface area (Å²) in [7, 11) is 2.15. The van der Waals surface area contributed by atoms with Crippen LogP contribution in [0.25, 0.3) is 0 Å². The van der Waals surface area contributed by atoms with Crippen LogP contribution in [0.4, 0.5) is 0 Å². The third kappa shape index (κ3) is 9.34. The van der Waals surface area contributed by atoms with Gasteiger partial charge in [0, 0.05) is 32.5 Å². The highest BCUT2D eigenvalue weighted by Gasteiger charge is 2.43. The molecule has 214 valence electrons. The highest BCUT2D eigenvalue weighted by Crippen LogP contribution is 2.38. The summed E-state index contributed by atoms with van der Waals surface area (Å²) >= 11 is 13.1. The number of carbonyl (C=O) groups is 2. The van der Waals surface area contributed by atoms with E-state index >= 15 is 0 Å². The molecule has 0 aliphatic carbocycles. The molecule has 1 fully saturated rings. The summed E-state index contributed by atoms with van der Waals surface area (Å²) in [5.74, 6) is -0.903. The van der Waals surface area contributed by atoms with E-state index in [0.717, 1.165) is 34.3 Å². The third-order valence-electron chi connectivity index (χ3n) is 6.89. The molecule has 0 amide bonds. The van der Waals surface area contributed by atoms with E-state index in [1.165, 1.54) is 0 Å². The van der Waals surface area contributed by atoms with Gasteiger partial charge in [-0.2, -0.15) is 0 Å². The quantitative estimate of drug-likeness (QED) is 0.151. The maximum Gasteiger partial charge on any atom is 0.339 e. The molecule has 2 aromatic rings. The van der Waals surface area contributed by atoms with Crippen LogP contribution in [0.5, 0.6) is 0 Å². The summed E-state index contributed by atoms with van der Waals surface area (Å²) in [4.78, 5) is 28.8. The molecule has 3 rings (SSSR count). The minimum Gasteiger partial charge on any atom is -0.458 e. The van der Waals surface area contributed by atoms with Crippen molar-refractivity contribution in [3.63, 3.8) is 0 Å². The van der Waals surface area contributed by atoms with E-state index in [4.69, 9.17) is 14.2 Å². The van der Waals surface area contributed by atoms with Gasteiger partial charge in [-0.1, -0.05) is 0 Å². The molecule has 1 unspecified atom stereocenters. The first-order chi connectivity index (χ1) is 18.0. The first-order valence-corrected chi connectivity index (χ1v) is 18.5. The molecular formula is C27H29I6NO5. The number of nitrogens with zero attached hydrogens (tertiary/aromatic N) is 1. The number of hydrogen-bond donors (Lipinski definition) is 0. The number of hydrogen-bond acceptors (Lipinski definition) is 6. The highest BCUT2D eigenvalue weighted by molar-refractivity contribution is 14.1. The van der Waals surface area contributed by atoms with Gasteiger partial charge in [0.05, 0.1) is 23.8 Å². The van der Waals surface area contributed by atoms with Crippen molar-refractivity contribution in [3.05, 3.63) is 56.8 Å². The van der Waals surface area contributed by atoms with Crippen LogP contribution < -0.4 is 0 Å². The Balaban J connectivity index is 1.79. The van der Waals surface area contributed by atoms with Crippen LogP contribution in [0.3, 0.4) is 0 Å². The molecule has 0 spiro atoms. The van der Waals surface area contributed by atoms with Gasteiger partial charge < -0.3 is 14.2 Å². The predicted molar refractivity (Wildman–Crippen MR) is 204 cm³/mol. The molecule has 0 saturated carbocycles. The first-order valence-electron chi connectivity index (χ1n) is 12.0. The Morgan fingerprint density at radius 1 is 0.821 bits per heavy atom. The summed E-state index contributed by atoms with van der Waals surface area (Å²) in [6.07, 6.45) is 0.928. The SMILES string of the molecule is CN1C(C)(C)CC(OCC(COC(=O)c2cc(I)cc(I)c2I)OC(=O)c2cc(I)cc(I)c2I)CC1(C)C. The van der Waals surface area contributed by atoms with Crippen molar-refractivity contribution < 1.29 is 23.8 Å². The maximum atomic E-state index is 13.3. The molecule has 1 atom stereocenters. The van der Waals surface area contributed by atoms with Gasteiger partial charge in [-0.15, -0.1) is 0 Å². The average molecular weight is 1210 g/mol. The van der Waals surface area contributed by atoms with Gasteiger partial charge in [0.2, 0.25) is 0 Å². The van der Waals surface area contributed by atoms with Crippen LogP contribution in [0.15, 0.2) is 24.3 Å². The second-order valence-corrected chi connectivity index (χ2v) is 17.6. The summed E-state index contributed by atoms with van der Waals surface area (Å²) in [5.41, 5.74) is 0.901. The molecule has 2 aromatic carbocycles. The smallest absolute Gasteiger partial charge is 0.339 e. The normalized spacial score (nSPS) is 18.0. The zero-order valence-electron chi connectivity index (χ0n) is 22.0. The Kier molecular flexibility index (Phi) is 13.2. The summed E-state index contributed by atoms with van der Waals surface area (Å²) in [6.45, 7) is 8.91. The Bertz CT molecular complexity index is 1230. The molecule has 1 aliphatic rings. The van der Waals surface area contributed by atoms with E-state index < -0.39 is 18.0 Å². The average Bonchev–Trinajstić information content (AvgIpc) is 2.83. The van der Waals surface area contributed by atoms with Gasteiger partial charge in [0.1, 0.15) is 6.61 Å². The molecule has 1 aliphatic heterocycles. The minimum absolute atomic E-state index is 0.0138. The van der Waals surface area contributed by atoms with Crippen LogP contribution in [0.1, 0.15) is 61.3 Å². The number of likely N-dealkylation sites (tertiary alicyclic amines) is 1. The fraction of sp³-hybridized carbons (Fsp3) is 0.481. The van der Waals surface area contributed by atoms with Crippen molar-refractivity contribution in [2.75, 3.05) is 20.3 Å². The molecule has 1 heterocycles. The molecule has 0 N–H and O–H groups in total. The van der Waals surface area contributed by atoms with Gasteiger partial charge in [0.15, 0.2) is 6.10 Å². The Morgan fingerprint density at radius 2 is 1.28 bits per heavy atom. The van der Waals surface area contributed by atoms with E-state index in [2.05, 4.69) is 175 Å². The lowest BCUT2D eigenvalue weighted by Crippen LogP contribution is -2.60. The van der Waals surface area contributed by atoms with Crippen molar-refractivity contribution in [2.24, 2.45) is 0 Å². The molecule has 0 radical (unpaired) electrons. The highest BCUT2D eigenvalue weighted by atomic mass is 127. The van der Waals surface area contributed by atoms with Crippen molar-refractivity contribution in [3.8, 4) is 0 Å². The Labute approximate surface area is 312 Å². The Morgan fingerprint density at radius 3 is 1.77 bits per heavy atom. The number of rotatable bonds is 8. The second-order valence-electron chi connectivity index (χ2n) is 10.7. The van der Waals surface area contributed by atoms with Crippen molar-refractivity contribution in [1.82, 2.24) is 4.90 Å². The lowest BCUT2D eigenvalue weighted by molar-refractivity contribution is -0.112. The molecule has 1 saturated heterocycles. The molecule has 12 heteroatoms. The minimum atomic E-state index is -0.752. The maximum absolute atomic E-state index is 13.3. The van der Waals surface area contributed by atoms with E-state index in [9.17, 15) is 9.59 Å². The van der Waals surface area contributed by atoms with Crippen LogP contribution in [0, 0.1) is 21.4 Å². The molecular weight excluding hydrogens is 1180 g/mol. The summed E-state index contributed by atoms with van der Waals surface area (Å²) in [5, 5.41) is 0. The summed E-state index contributed by atoms with van der Waals surface area (Å²) < 4.78 is 23.5. The van der Waals surface area contributed by atoms with Gasteiger partial charge in [-0.3, -0.25) is 4.90 Å². The van der Waals surface area contributed by atoms with Gasteiger partial charge in [0.25, 0.3) is 0 Å². The molecule has 39 heavy (non-hydrogen) atoms. The second kappa shape index (κ2) is 14.6. The third-order valence-corrected chi connectivity index (χ3v) is 14.2. The van der Waals surface area contributed by atoms with Crippen LogP contribution in [-0.2, 0) is 14.2 Å². The predicted octanol–water partition coefficient (Wildman–Crippen LogP) is 8.36. The van der Waals surface area contributed by atoms with Crippen LogP contribution in [0.2, 0.25) is 0 Å². The topological polar surface area (TPSA) is 65.1 Å². The van der Waals surface area contributed by atoms with Crippen molar-refractivity contribution in [1.29, 1.82) is 0 Å². The van der Waals surface area contributed by atoms with Crippen LogP contribution in [-0.4, -0.2) is 60.4 Å². The van der Waals surface area contributed by atoms with Gasteiger partial charge in [-0.05, 0) is 207 Å². The molecule has 0 bridgehead atoms. The number of carbonyl (C=O) groups excluding carboxylic acids is 2. The van der Waals surface area contributed by atoms with E-state index in [-0.39, 0.29) is 30.4 Å². The van der Waals surface area contributed by atoms with E-state index in [1.54, 1.807) is 0 Å². The van der Waals surface area contributed by atoms with Crippen LogP contribution >= 0.6 is 136 Å². The van der Waals surface area contributed by atoms with Crippen molar-refractivity contribution >= 4 is 147 Å². The summed E-state index contributed by atoms with van der Waals surface area (Å²) in [6, 6.07) is 7.64. The number of ether oxygens (including phenoxy) is 3. The zero-order chi connectivity index (χ0) is 29.3. The monoisotopic (exact) mass is 1210 g/mol. The number of halogens is 6. The largest absolute Gasteiger partial charge is 0.458 e. The first kappa shape index (κ1) is 35.2. The zero-order valence-corrected chi connectivity index (χ0v) is 35.0. The fourth-order valence-electron chi connectivity index (χ4n) is 4.63. The van der Waals surface area contributed by atoms with E-state index in [0.29, 0.717) is 11.1 Å². The van der Waals surface area contributed by atoms with Crippen molar-refractivity contribution in [2.45, 2.75) is 63.8 Å².